The van der Waals surface area contributed by atoms with Crippen molar-refractivity contribution < 1.29 is 9.47 Å². The summed E-state index contributed by atoms with van der Waals surface area (Å²) in [7, 11) is 0. The van der Waals surface area contributed by atoms with Crippen molar-refractivity contribution in [3.63, 3.8) is 0 Å². The zero-order valence-electron chi connectivity index (χ0n) is 8.56. The Morgan fingerprint density at radius 3 is 2.82 bits per heavy atom. The molecule has 1 saturated heterocycles. The Kier molecular flexibility index (Phi) is 2.78. The van der Waals surface area contributed by atoms with E-state index in [1.165, 1.54) is 11.8 Å². The molecule has 1 fully saturated rings. The monoisotopic (exact) mass is 281 g/mol. The molecule has 0 spiro atoms. The first-order valence-electron chi connectivity index (χ1n) is 4.87. The van der Waals surface area contributed by atoms with Gasteiger partial charge in [-0.25, -0.2) is 0 Å². The summed E-state index contributed by atoms with van der Waals surface area (Å²) in [4.78, 5) is 1.64. The molecule has 86 valence electrons. The number of rotatable bonds is 1. The summed E-state index contributed by atoms with van der Waals surface area (Å²) >= 11 is 11.7. The lowest BCUT2D eigenvalue weighted by Crippen LogP contribution is -2.15. The lowest BCUT2D eigenvalue weighted by Gasteiger charge is -1.99. The molecule has 17 heavy (non-hydrogen) atoms. The molecule has 6 heteroatoms. The lowest BCUT2D eigenvalue weighted by atomic mass is 10.2. The largest absolute Gasteiger partial charge is 0.454 e. The summed E-state index contributed by atoms with van der Waals surface area (Å²) in [5, 5.41) is 2.94. The van der Waals surface area contributed by atoms with Crippen molar-refractivity contribution in [1.82, 2.24) is 5.32 Å². The van der Waals surface area contributed by atoms with Crippen molar-refractivity contribution in [3.05, 3.63) is 28.7 Å². The molecule has 2 aliphatic rings. The maximum Gasteiger partial charge on any atom is 0.231 e. The van der Waals surface area contributed by atoms with Crippen molar-refractivity contribution in [3.8, 4) is 11.5 Å². The summed E-state index contributed by atoms with van der Waals surface area (Å²) in [6, 6.07) is 5.79. The van der Waals surface area contributed by atoms with Gasteiger partial charge in [0.05, 0.1) is 0 Å². The SMILES string of the molecule is S=C1NC(=S)/C(=C/c2ccc3c(c2)OCO3)S1. The van der Waals surface area contributed by atoms with Crippen LogP contribution in [0.1, 0.15) is 5.56 Å². The minimum absolute atomic E-state index is 0.286. The molecule has 0 saturated carbocycles. The standard InChI is InChI=1S/C11H7NO2S3/c15-10-9(17-11(16)12-10)4-6-1-2-7-8(3-6)14-5-13-7/h1-4H,5H2,(H,12,15,16)/b9-4-. The van der Waals surface area contributed by atoms with E-state index in [1.807, 2.05) is 24.3 Å². The van der Waals surface area contributed by atoms with Crippen LogP contribution in [0, 0.1) is 0 Å². The van der Waals surface area contributed by atoms with E-state index in [0.717, 1.165) is 22.0 Å². The van der Waals surface area contributed by atoms with Crippen LogP contribution in [-0.4, -0.2) is 16.1 Å². The second-order valence-corrected chi connectivity index (χ2v) is 5.59. The van der Waals surface area contributed by atoms with Crippen LogP contribution in [0.2, 0.25) is 0 Å². The van der Waals surface area contributed by atoms with Gasteiger partial charge in [0, 0.05) is 4.91 Å². The Bertz CT molecular complexity index is 554. The molecular weight excluding hydrogens is 274 g/mol. The van der Waals surface area contributed by atoms with E-state index >= 15 is 0 Å². The number of hydrogen-bond donors (Lipinski definition) is 1. The van der Waals surface area contributed by atoms with E-state index in [9.17, 15) is 0 Å². The predicted molar refractivity (Wildman–Crippen MR) is 76.5 cm³/mol. The van der Waals surface area contributed by atoms with Crippen LogP contribution in [0.5, 0.6) is 11.5 Å². The van der Waals surface area contributed by atoms with Gasteiger partial charge in [0.1, 0.15) is 9.31 Å². The van der Waals surface area contributed by atoms with Gasteiger partial charge in [-0.2, -0.15) is 0 Å². The molecule has 1 aromatic rings. The van der Waals surface area contributed by atoms with E-state index in [1.54, 1.807) is 0 Å². The average Bonchev–Trinajstić information content (AvgIpc) is 2.85. The number of fused-ring (bicyclic) bond motifs is 1. The minimum atomic E-state index is 0.286. The third kappa shape index (κ3) is 2.15. The van der Waals surface area contributed by atoms with Crippen LogP contribution in [0.15, 0.2) is 23.1 Å². The van der Waals surface area contributed by atoms with E-state index in [2.05, 4.69) is 5.32 Å². The van der Waals surface area contributed by atoms with Gasteiger partial charge in [0.15, 0.2) is 11.5 Å². The van der Waals surface area contributed by atoms with Crippen molar-refractivity contribution >= 4 is 51.6 Å². The molecule has 0 atom stereocenters. The lowest BCUT2D eigenvalue weighted by molar-refractivity contribution is 0.174. The zero-order valence-corrected chi connectivity index (χ0v) is 11.0. The molecule has 0 amide bonds. The Morgan fingerprint density at radius 1 is 1.24 bits per heavy atom. The third-order valence-electron chi connectivity index (χ3n) is 2.34. The normalized spacial score (nSPS) is 19.9. The molecule has 1 aromatic carbocycles. The highest BCUT2D eigenvalue weighted by Gasteiger charge is 2.19. The van der Waals surface area contributed by atoms with Crippen LogP contribution >= 0.6 is 36.2 Å². The fraction of sp³-hybridized carbons (Fsp3) is 0.0909. The molecule has 0 aliphatic carbocycles. The van der Waals surface area contributed by atoms with Gasteiger partial charge in [-0.15, -0.1) is 0 Å². The number of nitrogens with one attached hydrogen (secondary N) is 1. The zero-order chi connectivity index (χ0) is 11.8. The van der Waals surface area contributed by atoms with Crippen LogP contribution in [0.3, 0.4) is 0 Å². The molecule has 2 heterocycles. The van der Waals surface area contributed by atoms with Gasteiger partial charge in [-0.05, 0) is 23.8 Å². The highest BCUT2D eigenvalue weighted by molar-refractivity contribution is 8.27. The third-order valence-corrected chi connectivity index (χ3v) is 3.97. The topological polar surface area (TPSA) is 30.5 Å². The van der Waals surface area contributed by atoms with E-state index in [4.69, 9.17) is 33.9 Å². The Hall–Kier alpha value is -1.11. The fourth-order valence-corrected chi connectivity index (χ4v) is 3.05. The van der Waals surface area contributed by atoms with Crippen molar-refractivity contribution in [1.29, 1.82) is 0 Å². The van der Waals surface area contributed by atoms with Gasteiger partial charge < -0.3 is 14.8 Å². The Morgan fingerprint density at radius 2 is 2.06 bits per heavy atom. The van der Waals surface area contributed by atoms with Gasteiger partial charge in [-0.3, -0.25) is 0 Å². The molecule has 0 radical (unpaired) electrons. The number of ether oxygens (including phenoxy) is 2. The average molecular weight is 281 g/mol. The molecule has 0 bridgehead atoms. The number of thiocarbonyl (C=S) groups is 2. The van der Waals surface area contributed by atoms with E-state index < -0.39 is 0 Å². The smallest absolute Gasteiger partial charge is 0.231 e. The quantitative estimate of drug-likeness (QED) is 0.629. The molecule has 0 aromatic heterocycles. The first-order valence-corrected chi connectivity index (χ1v) is 6.50. The van der Waals surface area contributed by atoms with Crippen molar-refractivity contribution in [2.24, 2.45) is 0 Å². The summed E-state index contributed by atoms with van der Waals surface area (Å²) in [6.45, 7) is 0.286. The molecule has 3 nitrogen and oxygen atoms in total. The maximum atomic E-state index is 5.32. The first kappa shape index (κ1) is 11.0. The van der Waals surface area contributed by atoms with E-state index in [0.29, 0.717) is 9.31 Å². The van der Waals surface area contributed by atoms with Gasteiger partial charge in [0.2, 0.25) is 6.79 Å². The molecule has 1 N–H and O–H groups in total. The van der Waals surface area contributed by atoms with Crippen molar-refractivity contribution in [2.75, 3.05) is 6.79 Å². The van der Waals surface area contributed by atoms with Crippen LogP contribution < -0.4 is 14.8 Å². The summed E-state index contributed by atoms with van der Waals surface area (Å²) in [6.07, 6.45) is 1.99. The molecule has 0 unspecified atom stereocenters. The molecule has 3 rings (SSSR count). The fourth-order valence-electron chi connectivity index (χ4n) is 1.58. The maximum absolute atomic E-state index is 5.32. The second-order valence-electron chi connectivity index (χ2n) is 3.46. The van der Waals surface area contributed by atoms with E-state index in [-0.39, 0.29) is 6.79 Å². The Balaban J connectivity index is 1.93. The molecule has 2 aliphatic heterocycles. The predicted octanol–water partition coefficient (Wildman–Crippen LogP) is 2.70. The first-order chi connectivity index (χ1) is 8.22. The van der Waals surface area contributed by atoms with Crippen LogP contribution in [-0.2, 0) is 0 Å². The number of hydrogen-bond acceptors (Lipinski definition) is 5. The van der Waals surface area contributed by atoms with Gasteiger partial charge >= 0.3 is 0 Å². The number of thioether (sulfide) groups is 1. The summed E-state index contributed by atoms with van der Waals surface area (Å²) < 4.78 is 11.3. The number of benzene rings is 1. The summed E-state index contributed by atoms with van der Waals surface area (Å²) in [5.41, 5.74) is 1.02. The van der Waals surface area contributed by atoms with Crippen molar-refractivity contribution in [2.45, 2.75) is 0 Å². The van der Waals surface area contributed by atoms with Gasteiger partial charge in [-0.1, -0.05) is 42.3 Å². The molecular formula is C11H7NO2S3. The van der Waals surface area contributed by atoms with Crippen LogP contribution in [0.4, 0.5) is 0 Å². The summed E-state index contributed by atoms with van der Waals surface area (Å²) in [5.74, 6) is 1.55. The van der Waals surface area contributed by atoms with Crippen LogP contribution in [0.25, 0.3) is 6.08 Å². The Labute approximate surface area is 113 Å². The highest BCUT2D eigenvalue weighted by atomic mass is 32.2. The highest BCUT2D eigenvalue weighted by Crippen LogP contribution is 2.34. The minimum Gasteiger partial charge on any atom is -0.454 e. The second kappa shape index (κ2) is 4.29. The van der Waals surface area contributed by atoms with Gasteiger partial charge in [0.25, 0.3) is 0 Å².